The van der Waals surface area contributed by atoms with Gasteiger partial charge < -0.3 is 9.47 Å². The average molecular weight is 364 g/mol. The average Bonchev–Trinajstić information content (AvgIpc) is 2.08. The van der Waals surface area contributed by atoms with Crippen LogP contribution in [0.15, 0.2) is 21.1 Å². The maximum Gasteiger partial charge on any atom is 0.573 e. The van der Waals surface area contributed by atoms with E-state index in [0.717, 1.165) is 0 Å². The summed E-state index contributed by atoms with van der Waals surface area (Å²) in [5, 5.41) is 0. The molecule has 0 atom stereocenters. The molecule has 0 saturated carbocycles. The zero-order valence-electron chi connectivity index (χ0n) is 8.07. The molecule has 0 N–H and O–H groups in total. The molecule has 7 heteroatoms. The number of ether oxygens (including phenoxy) is 2. The third-order valence-corrected chi connectivity index (χ3v) is 2.54. The topological polar surface area (TPSA) is 18.5 Å². The first-order chi connectivity index (χ1) is 7.33. The second kappa shape index (κ2) is 5.27. The molecule has 0 fully saturated rings. The molecular weight excluding hydrogens is 357 g/mol. The molecule has 0 aromatic heterocycles. The quantitative estimate of drug-likeness (QED) is 0.786. The minimum absolute atomic E-state index is 0.0306. The summed E-state index contributed by atoms with van der Waals surface area (Å²) in [6.07, 6.45) is -4.74. The Kier molecular flexibility index (Phi) is 4.49. The van der Waals surface area contributed by atoms with Crippen LogP contribution in [0.1, 0.15) is 6.92 Å². The summed E-state index contributed by atoms with van der Waals surface area (Å²) >= 11 is 6.18. The van der Waals surface area contributed by atoms with Crippen molar-refractivity contribution in [2.45, 2.75) is 13.3 Å². The number of alkyl halides is 3. The Balaban J connectivity index is 3.13. The summed E-state index contributed by atoms with van der Waals surface area (Å²) in [4.78, 5) is 0. The number of halogens is 5. The Labute approximate surface area is 107 Å². The molecule has 1 rings (SSSR count). The molecule has 1 aromatic carbocycles. The van der Waals surface area contributed by atoms with Gasteiger partial charge in [-0.1, -0.05) is 15.9 Å². The fourth-order valence-corrected chi connectivity index (χ4v) is 2.32. The van der Waals surface area contributed by atoms with Gasteiger partial charge in [-0.2, -0.15) is 0 Å². The normalized spacial score (nSPS) is 11.4. The second-order valence-electron chi connectivity index (χ2n) is 2.70. The van der Waals surface area contributed by atoms with Crippen molar-refractivity contribution in [3.63, 3.8) is 0 Å². The van der Waals surface area contributed by atoms with Crippen LogP contribution in [-0.4, -0.2) is 13.0 Å². The van der Waals surface area contributed by atoms with Gasteiger partial charge in [0.25, 0.3) is 0 Å². The van der Waals surface area contributed by atoms with Gasteiger partial charge in [0.1, 0.15) is 0 Å². The highest BCUT2D eigenvalue weighted by Gasteiger charge is 2.33. The van der Waals surface area contributed by atoms with Crippen molar-refractivity contribution in [1.29, 1.82) is 0 Å². The zero-order chi connectivity index (χ0) is 12.3. The molecule has 0 spiro atoms. The molecule has 0 aliphatic carbocycles. The van der Waals surface area contributed by atoms with E-state index in [9.17, 15) is 13.2 Å². The summed E-state index contributed by atoms with van der Waals surface area (Å²) < 4.78 is 46.1. The van der Waals surface area contributed by atoms with Gasteiger partial charge in [-0.25, -0.2) is 0 Å². The van der Waals surface area contributed by atoms with E-state index in [-0.39, 0.29) is 18.1 Å². The van der Waals surface area contributed by atoms with Crippen molar-refractivity contribution in [3.8, 4) is 11.5 Å². The van der Waals surface area contributed by atoms with Gasteiger partial charge in [0.15, 0.2) is 11.5 Å². The monoisotopic (exact) mass is 362 g/mol. The van der Waals surface area contributed by atoms with E-state index < -0.39 is 6.36 Å². The van der Waals surface area contributed by atoms with Crippen LogP contribution in [0.25, 0.3) is 0 Å². The zero-order valence-corrected chi connectivity index (χ0v) is 11.2. The molecule has 0 radical (unpaired) electrons. The SMILES string of the molecule is CCOc1c(Br)cc(Br)cc1OC(F)(F)F. The lowest BCUT2D eigenvalue weighted by Crippen LogP contribution is -2.18. The lowest BCUT2D eigenvalue weighted by Gasteiger charge is -2.15. The van der Waals surface area contributed by atoms with Crippen molar-refractivity contribution in [2.75, 3.05) is 6.61 Å². The predicted octanol–water partition coefficient (Wildman–Crippen LogP) is 4.51. The van der Waals surface area contributed by atoms with Crippen LogP contribution in [-0.2, 0) is 0 Å². The first kappa shape index (κ1) is 13.6. The third kappa shape index (κ3) is 3.86. The van der Waals surface area contributed by atoms with Gasteiger partial charge in [0, 0.05) is 4.47 Å². The van der Waals surface area contributed by atoms with Gasteiger partial charge in [0.05, 0.1) is 11.1 Å². The molecule has 16 heavy (non-hydrogen) atoms. The minimum atomic E-state index is -4.74. The van der Waals surface area contributed by atoms with Crippen molar-refractivity contribution >= 4 is 31.9 Å². The molecule has 1 aromatic rings. The fourth-order valence-electron chi connectivity index (χ4n) is 1.02. The van der Waals surface area contributed by atoms with Gasteiger partial charge in [-0.15, -0.1) is 13.2 Å². The predicted molar refractivity (Wildman–Crippen MR) is 59.7 cm³/mol. The second-order valence-corrected chi connectivity index (χ2v) is 4.47. The third-order valence-electron chi connectivity index (χ3n) is 1.49. The summed E-state index contributed by atoms with van der Waals surface area (Å²) in [5.41, 5.74) is 0. The van der Waals surface area contributed by atoms with Crippen LogP contribution in [0.5, 0.6) is 11.5 Å². The maximum atomic E-state index is 12.1. The van der Waals surface area contributed by atoms with E-state index in [4.69, 9.17) is 4.74 Å². The number of hydrogen-bond acceptors (Lipinski definition) is 2. The first-order valence-electron chi connectivity index (χ1n) is 4.21. The van der Waals surface area contributed by atoms with Crippen LogP contribution in [0.4, 0.5) is 13.2 Å². The lowest BCUT2D eigenvalue weighted by molar-refractivity contribution is -0.275. The van der Waals surface area contributed by atoms with Crippen molar-refractivity contribution in [1.82, 2.24) is 0 Å². The van der Waals surface area contributed by atoms with Crippen LogP contribution in [0.3, 0.4) is 0 Å². The van der Waals surface area contributed by atoms with Crippen LogP contribution >= 0.6 is 31.9 Å². The molecule has 0 aliphatic heterocycles. The number of hydrogen-bond donors (Lipinski definition) is 0. The first-order valence-corrected chi connectivity index (χ1v) is 5.79. The van der Waals surface area contributed by atoms with Crippen LogP contribution < -0.4 is 9.47 Å². The standard InChI is InChI=1S/C9H7Br2F3O2/c1-2-15-8-6(11)3-5(10)4-7(8)16-9(12,13)14/h3-4H,2H2,1H3. The summed E-state index contributed by atoms with van der Waals surface area (Å²) in [6.45, 7) is 1.92. The molecule has 0 heterocycles. The smallest absolute Gasteiger partial charge is 0.489 e. The minimum Gasteiger partial charge on any atom is -0.489 e. The summed E-state index contributed by atoms with van der Waals surface area (Å²) in [5.74, 6) is -0.348. The summed E-state index contributed by atoms with van der Waals surface area (Å²) in [7, 11) is 0. The van der Waals surface area contributed by atoms with Crippen LogP contribution in [0, 0.1) is 0 Å². The maximum absolute atomic E-state index is 12.1. The van der Waals surface area contributed by atoms with Gasteiger partial charge >= 0.3 is 6.36 Å². The Morgan fingerprint density at radius 1 is 1.25 bits per heavy atom. The van der Waals surface area contributed by atoms with Crippen molar-refractivity contribution < 1.29 is 22.6 Å². The molecule has 90 valence electrons. The van der Waals surface area contributed by atoms with Crippen molar-refractivity contribution in [2.24, 2.45) is 0 Å². The molecule has 0 bridgehead atoms. The lowest BCUT2D eigenvalue weighted by atomic mass is 10.3. The van der Waals surface area contributed by atoms with E-state index in [1.807, 2.05) is 0 Å². The van der Waals surface area contributed by atoms with Crippen molar-refractivity contribution in [3.05, 3.63) is 21.1 Å². The van der Waals surface area contributed by atoms with Gasteiger partial charge in [0.2, 0.25) is 0 Å². The van der Waals surface area contributed by atoms with E-state index in [0.29, 0.717) is 8.95 Å². The van der Waals surface area contributed by atoms with E-state index in [1.165, 1.54) is 6.07 Å². The van der Waals surface area contributed by atoms with Crippen LogP contribution in [0.2, 0.25) is 0 Å². The Bertz CT molecular complexity index is 380. The van der Waals surface area contributed by atoms with E-state index >= 15 is 0 Å². The molecular formula is C9H7Br2F3O2. The fraction of sp³-hybridized carbons (Fsp3) is 0.333. The highest BCUT2D eigenvalue weighted by atomic mass is 79.9. The Hall–Kier alpha value is -0.430. The van der Waals surface area contributed by atoms with Gasteiger partial charge in [-0.3, -0.25) is 0 Å². The highest BCUT2D eigenvalue weighted by Crippen LogP contribution is 2.40. The molecule has 0 saturated heterocycles. The summed E-state index contributed by atoms with van der Waals surface area (Å²) in [6, 6.07) is 2.78. The number of benzene rings is 1. The van der Waals surface area contributed by atoms with Gasteiger partial charge in [-0.05, 0) is 35.0 Å². The molecule has 2 nitrogen and oxygen atoms in total. The molecule has 0 amide bonds. The van der Waals surface area contributed by atoms with E-state index in [2.05, 4.69) is 36.6 Å². The largest absolute Gasteiger partial charge is 0.573 e. The van der Waals surface area contributed by atoms with E-state index in [1.54, 1.807) is 13.0 Å². The Morgan fingerprint density at radius 2 is 1.88 bits per heavy atom. The molecule has 0 aliphatic rings. The Morgan fingerprint density at radius 3 is 2.38 bits per heavy atom. The highest BCUT2D eigenvalue weighted by molar-refractivity contribution is 9.11. The number of rotatable bonds is 3. The molecule has 0 unspecified atom stereocenters.